The zero-order valence-corrected chi connectivity index (χ0v) is 15.9. The molecule has 1 N–H and O–H groups in total. The molecule has 138 valence electrons. The molecule has 0 radical (unpaired) electrons. The second-order valence-electron chi connectivity index (χ2n) is 6.39. The number of carbonyl (C=O) groups is 1. The summed E-state index contributed by atoms with van der Waals surface area (Å²) >= 11 is 1.57. The number of nitrogens with zero attached hydrogens (tertiary/aromatic N) is 2. The lowest BCUT2D eigenvalue weighted by Gasteiger charge is -2.24. The lowest BCUT2D eigenvalue weighted by atomic mass is 10.2. The number of hydrogen-bond acceptors (Lipinski definition) is 4. The fraction of sp³-hybridized carbons (Fsp3) is 0.400. The maximum Gasteiger partial charge on any atom is 0.318 e. The van der Waals surface area contributed by atoms with Crippen molar-refractivity contribution in [2.24, 2.45) is 0 Å². The monoisotopic (exact) mass is 371 g/mol. The Morgan fingerprint density at radius 3 is 2.96 bits per heavy atom. The van der Waals surface area contributed by atoms with Crippen molar-refractivity contribution in [3.63, 3.8) is 0 Å². The first-order chi connectivity index (χ1) is 12.7. The van der Waals surface area contributed by atoms with Gasteiger partial charge >= 0.3 is 6.03 Å². The summed E-state index contributed by atoms with van der Waals surface area (Å²) in [5.74, 6) is 0. The van der Waals surface area contributed by atoms with Crippen LogP contribution in [0, 0.1) is 6.92 Å². The number of carbonyl (C=O) groups excluding carboxylic acids is 1. The lowest BCUT2D eigenvalue weighted by Crippen LogP contribution is -2.43. The first kappa shape index (κ1) is 18.6. The Hall–Kier alpha value is -2.18. The highest BCUT2D eigenvalue weighted by atomic mass is 32.1. The third-order valence-electron chi connectivity index (χ3n) is 4.23. The van der Waals surface area contributed by atoms with Crippen LogP contribution in [0.4, 0.5) is 4.79 Å². The van der Waals surface area contributed by atoms with E-state index in [1.54, 1.807) is 11.3 Å². The molecule has 0 saturated carbocycles. The van der Waals surface area contributed by atoms with Gasteiger partial charge in [-0.2, -0.15) is 0 Å². The van der Waals surface area contributed by atoms with E-state index in [2.05, 4.69) is 10.3 Å². The number of thiazole rings is 1. The van der Waals surface area contributed by atoms with E-state index >= 15 is 0 Å². The molecular formula is C20H25N3O2S. The van der Waals surface area contributed by atoms with E-state index in [4.69, 9.17) is 4.74 Å². The Bertz CT molecular complexity index is 724. The molecule has 1 unspecified atom stereocenters. The highest BCUT2D eigenvalue weighted by molar-refractivity contribution is 7.09. The smallest absolute Gasteiger partial charge is 0.318 e. The standard InChI is InChI=1S/C20H25N3O2S/c1-16-15-26-19(22-16)13-21-20(24)23(14-18-10-6-12-25-18)11-5-9-17-7-3-2-4-8-17/h2-5,7-9,15,18H,6,10-14H2,1H3,(H,21,24). The average molecular weight is 372 g/mol. The molecule has 0 spiro atoms. The minimum atomic E-state index is -0.0777. The van der Waals surface area contributed by atoms with Crippen molar-refractivity contribution in [3.8, 4) is 0 Å². The molecule has 6 heteroatoms. The summed E-state index contributed by atoms with van der Waals surface area (Å²) in [6.07, 6.45) is 6.28. The molecule has 1 aromatic heterocycles. The summed E-state index contributed by atoms with van der Waals surface area (Å²) in [5.41, 5.74) is 2.12. The van der Waals surface area contributed by atoms with Gasteiger partial charge < -0.3 is 15.0 Å². The fourth-order valence-corrected chi connectivity index (χ4v) is 3.61. The Kier molecular flexibility index (Phi) is 6.80. The summed E-state index contributed by atoms with van der Waals surface area (Å²) in [6.45, 7) is 4.37. The summed E-state index contributed by atoms with van der Waals surface area (Å²) in [4.78, 5) is 18.9. The van der Waals surface area contributed by atoms with Crippen LogP contribution < -0.4 is 5.32 Å². The Morgan fingerprint density at radius 1 is 1.42 bits per heavy atom. The van der Waals surface area contributed by atoms with E-state index in [9.17, 15) is 4.79 Å². The van der Waals surface area contributed by atoms with Gasteiger partial charge in [0.2, 0.25) is 0 Å². The Morgan fingerprint density at radius 2 is 2.27 bits per heavy atom. The molecule has 3 rings (SSSR count). The van der Waals surface area contributed by atoms with E-state index in [-0.39, 0.29) is 12.1 Å². The number of aromatic nitrogens is 1. The summed E-state index contributed by atoms with van der Waals surface area (Å²) in [6, 6.07) is 10.0. The zero-order chi connectivity index (χ0) is 18.2. The molecule has 2 aromatic rings. The molecule has 1 aliphatic rings. The van der Waals surface area contributed by atoms with Crippen LogP contribution in [0.15, 0.2) is 41.8 Å². The van der Waals surface area contributed by atoms with Gasteiger partial charge in [-0.15, -0.1) is 11.3 Å². The maximum atomic E-state index is 12.7. The molecule has 1 aromatic carbocycles. The first-order valence-corrected chi connectivity index (χ1v) is 9.85. The molecule has 0 bridgehead atoms. The first-order valence-electron chi connectivity index (χ1n) is 8.97. The molecule has 1 aliphatic heterocycles. The number of nitrogens with one attached hydrogen (secondary N) is 1. The minimum absolute atomic E-state index is 0.0777. The van der Waals surface area contributed by atoms with E-state index in [0.29, 0.717) is 19.6 Å². The van der Waals surface area contributed by atoms with Gasteiger partial charge in [0.15, 0.2) is 0 Å². The number of urea groups is 1. The van der Waals surface area contributed by atoms with Crippen molar-refractivity contribution >= 4 is 23.4 Å². The van der Waals surface area contributed by atoms with Crippen molar-refractivity contribution in [2.75, 3.05) is 19.7 Å². The van der Waals surface area contributed by atoms with E-state index in [1.807, 2.05) is 59.7 Å². The summed E-state index contributed by atoms with van der Waals surface area (Å²) in [7, 11) is 0. The van der Waals surface area contributed by atoms with E-state index < -0.39 is 0 Å². The highest BCUT2D eigenvalue weighted by Gasteiger charge is 2.22. The molecule has 0 aliphatic carbocycles. The quantitative estimate of drug-likeness (QED) is 0.804. The normalized spacial score (nSPS) is 16.9. The van der Waals surface area contributed by atoms with Crippen LogP contribution in [0.1, 0.15) is 29.1 Å². The molecule has 26 heavy (non-hydrogen) atoms. The summed E-state index contributed by atoms with van der Waals surface area (Å²) in [5, 5.41) is 5.90. The Balaban J connectivity index is 1.57. The SMILES string of the molecule is Cc1csc(CNC(=O)N(CC=Cc2ccccc2)CC2CCCO2)n1. The number of ether oxygens (including phenoxy) is 1. The van der Waals surface area contributed by atoms with Crippen molar-refractivity contribution < 1.29 is 9.53 Å². The number of benzene rings is 1. The average Bonchev–Trinajstić information content (AvgIpc) is 3.31. The van der Waals surface area contributed by atoms with Crippen LogP contribution in [0.5, 0.6) is 0 Å². The van der Waals surface area contributed by atoms with Gasteiger partial charge in [-0.3, -0.25) is 0 Å². The van der Waals surface area contributed by atoms with Gasteiger partial charge in [-0.05, 0) is 25.3 Å². The minimum Gasteiger partial charge on any atom is -0.376 e. The van der Waals surface area contributed by atoms with E-state index in [1.165, 1.54) is 0 Å². The number of hydrogen-bond donors (Lipinski definition) is 1. The third-order valence-corrected chi connectivity index (χ3v) is 5.19. The van der Waals surface area contributed by atoms with Crippen molar-refractivity contribution in [3.05, 3.63) is 58.1 Å². The zero-order valence-electron chi connectivity index (χ0n) is 15.1. The van der Waals surface area contributed by atoms with Crippen LogP contribution in [-0.2, 0) is 11.3 Å². The molecule has 2 amide bonds. The van der Waals surface area contributed by atoms with Crippen LogP contribution in [-0.4, -0.2) is 41.7 Å². The van der Waals surface area contributed by atoms with Crippen LogP contribution in [0.2, 0.25) is 0 Å². The van der Waals surface area contributed by atoms with Crippen molar-refractivity contribution in [2.45, 2.75) is 32.4 Å². The van der Waals surface area contributed by atoms with Crippen molar-refractivity contribution in [1.29, 1.82) is 0 Å². The molecule has 2 heterocycles. The molecule has 5 nitrogen and oxygen atoms in total. The largest absolute Gasteiger partial charge is 0.376 e. The molecule has 1 atom stereocenters. The van der Waals surface area contributed by atoms with E-state index in [0.717, 1.165) is 35.7 Å². The maximum absolute atomic E-state index is 12.7. The van der Waals surface area contributed by atoms with Crippen LogP contribution in [0.25, 0.3) is 6.08 Å². The number of rotatable bonds is 7. The summed E-state index contributed by atoms with van der Waals surface area (Å²) < 4.78 is 5.71. The number of aryl methyl sites for hydroxylation is 1. The van der Waals surface area contributed by atoms with Crippen LogP contribution >= 0.6 is 11.3 Å². The molecule has 1 fully saturated rings. The van der Waals surface area contributed by atoms with Gasteiger partial charge in [-0.1, -0.05) is 42.5 Å². The van der Waals surface area contributed by atoms with Gasteiger partial charge in [0.25, 0.3) is 0 Å². The molecule has 1 saturated heterocycles. The second kappa shape index (κ2) is 9.50. The predicted octanol–water partition coefficient (Wildman–Crippen LogP) is 3.86. The second-order valence-corrected chi connectivity index (χ2v) is 7.34. The third kappa shape index (κ3) is 5.68. The van der Waals surface area contributed by atoms with Gasteiger partial charge in [0.1, 0.15) is 5.01 Å². The lowest BCUT2D eigenvalue weighted by molar-refractivity contribution is 0.0841. The fourth-order valence-electron chi connectivity index (χ4n) is 2.90. The van der Waals surface area contributed by atoms with Crippen molar-refractivity contribution in [1.82, 2.24) is 15.2 Å². The highest BCUT2D eigenvalue weighted by Crippen LogP contribution is 2.14. The van der Waals surface area contributed by atoms with Gasteiger partial charge in [0.05, 0.1) is 12.6 Å². The van der Waals surface area contributed by atoms with Gasteiger partial charge in [0, 0.05) is 30.8 Å². The van der Waals surface area contributed by atoms with Crippen LogP contribution in [0.3, 0.4) is 0 Å². The molecular weight excluding hydrogens is 346 g/mol. The van der Waals surface area contributed by atoms with Gasteiger partial charge in [-0.25, -0.2) is 9.78 Å². The Labute approximate surface area is 158 Å². The topological polar surface area (TPSA) is 54.5 Å². The predicted molar refractivity (Wildman–Crippen MR) is 105 cm³/mol. The number of amides is 2.